The summed E-state index contributed by atoms with van der Waals surface area (Å²) in [6.07, 6.45) is -2.01. The number of nitrogens with zero attached hydrogens (tertiary/aromatic N) is 3. The SMILES string of the molecule is C=C(Oc1ccc(C#N)c(OC)c1C(=O)N1CC(Oc2cccnc2)C1)C(F)(F)F. The van der Waals surface area contributed by atoms with E-state index in [1.165, 1.54) is 24.3 Å². The van der Waals surface area contributed by atoms with Crippen molar-refractivity contribution in [2.24, 2.45) is 0 Å². The van der Waals surface area contributed by atoms with Crippen molar-refractivity contribution >= 4 is 5.91 Å². The number of hydrogen-bond acceptors (Lipinski definition) is 6. The summed E-state index contributed by atoms with van der Waals surface area (Å²) in [5.74, 6) is -2.20. The van der Waals surface area contributed by atoms with Crippen LogP contribution in [0.4, 0.5) is 13.2 Å². The summed E-state index contributed by atoms with van der Waals surface area (Å²) in [6, 6.07) is 7.57. The number of nitriles is 1. The molecule has 2 aromatic rings. The van der Waals surface area contributed by atoms with Crippen molar-refractivity contribution in [3.05, 3.63) is 60.1 Å². The molecule has 0 aliphatic carbocycles. The van der Waals surface area contributed by atoms with Crippen LogP contribution < -0.4 is 14.2 Å². The van der Waals surface area contributed by atoms with Gasteiger partial charge in [0.1, 0.15) is 29.2 Å². The van der Waals surface area contributed by atoms with Crippen LogP contribution in [0.2, 0.25) is 0 Å². The maximum Gasteiger partial charge on any atom is 0.448 e. The van der Waals surface area contributed by atoms with Crippen LogP contribution in [0.5, 0.6) is 17.2 Å². The van der Waals surface area contributed by atoms with E-state index in [-0.39, 0.29) is 36.1 Å². The Morgan fingerprint density at radius 1 is 1.33 bits per heavy atom. The van der Waals surface area contributed by atoms with Crippen LogP contribution in [0.25, 0.3) is 0 Å². The second-order valence-electron chi connectivity index (χ2n) is 6.29. The first-order valence-corrected chi connectivity index (χ1v) is 8.65. The lowest BCUT2D eigenvalue weighted by atomic mass is 10.0. The number of pyridine rings is 1. The number of benzene rings is 1. The molecule has 3 rings (SSSR count). The summed E-state index contributed by atoms with van der Waals surface area (Å²) in [5, 5.41) is 9.25. The number of aromatic nitrogens is 1. The summed E-state index contributed by atoms with van der Waals surface area (Å²) >= 11 is 0. The summed E-state index contributed by atoms with van der Waals surface area (Å²) < 4.78 is 54.2. The van der Waals surface area contributed by atoms with Crippen molar-refractivity contribution in [2.45, 2.75) is 12.3 Å². The maximum absolute atomic E-state index is 13.0. The molecule has 10 heteroatoms. The van der Waals surface area contributed by atoms with Gasteiger partial charge < -0.3 is 19.1 Å². The minimum atomic E-state index is -4.82. The average molecular weight is 419 g/mol. The zero-order valence-electron chi connectivity index (χ0n) is 15.8. The van der Waals surface area contributed by atoms with E-state index in [2.05, 4.69) is 11.6 Å². The highest BCUT2D eigenvalue weighted by molar-refractivity contribution is 6.01. The molecule has 0 unspecified atom stereocenters. The fourth-order valence-corrected chi connectivity index (χ4v) is 2.79. The highest BCUT2D eigenvalue weighted by Gasteiger charge is 2.39. The minimum Gasteiger partial charge on any atom is -0.494 e. The van der Waals surface area contributed by atoms with Gasteiger partial charge in [0.2, 0.25) is 5.76 Å². The van der Waals surface area contributed by atoms with Gasteiger partial charge >= 0.3 is 6.18 Å². The summed E-state index contributed by atoms with van der Waals surface area (Å²) in [6.45, 7) is 3.23. The standard InChI is InChI=1S/C20H16F3N3O4/c1-12(20(21,22)23)29-16-6-5-13(8-24)18(28-2)17(16)19(27)26-10-15(11-26)30-14-4-3-7-25-9-14/h3-7,9,15H,1,10-11H2,2H3. The van der Waals surface area contributed by atoms with Crippen LogP contribution in [0.1, 0.15) is 15.9 Å². The van der Waals surface area contributed by atoms with Crippen molar-refractivity contribution in [1.29, 1.82) is 5.26 Å². The van der Waals surface area contributed by atoms with Crippen LogP contribution in [-0.2, 0) is 0 Å². The highest BCUT2D eigenvalue weighted by Crippen LogP contribution is 2.37. The fraction of sp³-hybridized carbons (Fsp3) is 0.250. The van der Waals surface area contributed by atoms with Crippen LogP contribution in [0, 0.1) is 11.3 Å². The van der Waals surface area contributed by atoms with Gasteiger partial charge in [-0.05, 0) is 24.3 Å². The van der Waals surface area contributed by atoms with Crippen LogP contribution in [0.15, 0.2) is 49.0 Å². The monoisotopic (exact) mass is 419 g/mol. The minimum absolute atomic E-state index is 0.0190. The van der Waals surface area contributed by atoms with E-state index in [9.17, 15) is 23.2 Å². The smallest absolute Gasteiger partial charge is 0.448 e. The Morgan fingerprint density at radius 2 is 2.07 bits per heavy atom. The first-order valence-electron chi connectivity index (χ1n) is 8.65. The zero-order valence-corrected chi connectivity index (χ0v) is 15.8. The number of halogens is 3. The first-order chi connectivity index (χ1) is 14.2. The number of amides is 1. The lowest BCUT2D eigenvalue weighted by Gasteiger charge is -2.39. The Kier molecular flexibility index (Phi) is 5.82. The topological polar surface area (TPSA) is 84.7 Å². The van der Waals surface area contributed by atoms with Gasteiger partial charge in [0.25, 0.3) is 5.91 Å². The quantitative estimate of drug-likeness (QED) is 0.668. The number of alkyl halides is 3. The molecule has 1 amide bonds. The molecule has 0 N–H and O–H groups in total. The lowest BCUT2D eigenvalue weighted by Crippen LogP contribution is -2.56. The second-order valence-corrected chi connectivity index (χ2v) is 6.29. The van der Waals surface area contributed by atoms with Gasteiger partial charge in [-0.2, -0.15) is 18.4 Å². The number of carbonyl (C=O) groups excluding carboxylic acids is 1. The molecule has 0 atom stereocenters. The molecule has 2 heterocycles. The number of hydrogen-bond donors (Lipinski definition) is 0. The predicted molar refractivity (Wildman–Crippen MR) is 98.1 cm³/mol. The molecule has 1 aliphatic heterocycles. The predicted octanol–water partition coefficient (Wildman–Crippen LogP) is 3.32. The molecule has 1 saturated heterocycles. The number of rotatable bonds is 6. The third kappa shape index (κ3) is 4.30. The molecule has 30 heavy (non-hydrogen) atoms. The Bertz CT molecular complexity index is 997. The van der Waals surface area contributed by atoms with E-state index in [0.29, 0.717) is 5.75 Å². The normalized spacial score (nSPS) is 13.8. The molecule has 156 valence electrons. The molecule has 0 saturated carbocycles. The molecule has 7 nitrogen and oxygen atoms in total. The Balaban J connectivity index is 1.83. The molecule has 0 radical (unpaired) electrons. The zero-order chi connectivity index (χ0) is 21.9. The van der Waals surface area contributed by atoms with Crippen molar-refractivity contribution in [2.75, 3.05) is 20.2 Å². The average Bonchev–Trinajstić information content (AvgIpc) is 2.69. The second kappa shape index (κ2) is 8.32. The number of ether oxygens (including phenoxy) is 3. The molecular weight excluding hydrogens is 403 g/mol. The molecule has 1 fully saturated rings. The summed E-state index contributed by atoms with van der Waals surface area (Å²) in [7, 11) is 1.21. The van der Waals surface area contributed by atoms with E-state index >= 15 is 0 Å². The van der Waals surface area contributed by atoms with Crippen LogP contribution >= 0.6 is 0 Å². The van der Waals surface area contributed by atoms with Gasteiger partial charge in [-0.25, -0.2) is 0 Å². The highest BCUT2D eigenvalue weighted by atomic mass is 19.4. The van der Waals surface area contributed by atoms with Crippen molar-refractivity contribution in [3.63, 3.8) is 0 Å². The fourth-order valence-electron chi connectivity index (χ4n) is 2.79. The van der Waals surface area contributed by atoms with Gasteiger partial charge in [0, 0.05) is 6.20 Å². The molecule has 1 aliphatic rings. The number of allylic oxidation sites excluding steroid dienone is 1. The number of likely N-dealkylation sites (tertiary alicyclic amines) is 1. The Morgan fingerprint density at radius 3 is 2.63 bits per heavy atom. The van der Waals surface area contributed by atoms with Crippen LogP contribution in [0.3, 0.4) is 0 Å². The molecule has 1 aromatic carbocycles. The van der Waals surface area contributed by atoms with E-state index in [4.69, 9.17) is 14.2 Å². The first kappa shape index (κ1) is 21.0. The van der Waals surface area contributed by atoms with E-state index < -0.39 is 23.6 Å². The molecule has 0 bridgehead atoms. The maximum atomic E-state index is 13.0. The van der Waals surface area contributed by atoms with Crippen molar-refractivity contribution in [1.82, 2.24) is 9.88 Å². The van der Waals surface area contributed by atoms with Crippen LogP contribution in [-0.4, -0.2) is 48.3 Å². The number of carbonyl (C=O) groups is 1. The summed E-state index contributed by atoms with van der Waals surface area (Å²) in [4.78, 5) is 18.3. The molecule has 1 aromatic heterocycles. The molecular formula is C20H16F3N3O4. The Hall–Kier alpha value is -3.74. The van der Waals surface area contributed by atoms with Gasteiger partial charge in [-0.15, -0.1) is 0 Å². The largest absolute Gasteiger partial charge is 0.494 e. The third-order valence-corrected chi connectivity index (χ3v) is 4.28. The third-order valence-electron chi connectivity index (χ3n) is 4.28. The Labute approximate surface area is 169 Å². The van der Waals surface area contributed by atoms with Crippen molar-refractivity contribution in [3.8, 4) is 23.3 Å². The van der Waals surface area contributed by atoms with E-state index in [1.54, 1.807) is 18.3 Å². The molecule has 0 spiro atoms. The van der Waals surface area contributed by atoms with E-state index in [0.717, 1.165) is 6.07 Å². The summed E-state index contributed by atoms with van der Waals surface area (Å²) in [5.41, 5.74) is -0.309. The van der Waals surface area contributed by atoms with Gasteiger partial charge in [-0.1, -0.05) is 6.58 Å². The van der Waals surface area contributed by atoms with Gasteiger partial charge in [0.15, 0.2) is 5.75 Å². The van der Waals surface area contributed by atoms with Crippen molar-refractivity contribution < 1.29 is 32.2 Å². The van der Waals surface area contributed by atoms with Gasteiger partial charge in [-0.3, -0.25) is 9.78 Å². The number of methoxy groups -OCH3 is 1. The lowest BCUT2D eigenvalue weighted by molar-refractivity contribution is -0.115. The van der Waals surface area contributed by atoms with Gasteiger partial charge in [0.05, 0.1) is 32.0 Å². The van der Waals surface area contributed by atoms with E-state index in [1.807, 2.05) is 6.07 Å².